The summed E-state index contributed by atoms with van der Waals surface area (Å²) >= 11 is 3.52. The summed E-state index contributed by atoms with van der Waals surface area (Å²) in [5.41, 5.74) is 1.17. The maximum Gasteiger partial charge on any atom is 0.258 e. The number of amides is 2. The Labute approximate surface area is 125 Å². The zero-order valence-electron chi connectivity index (χ0n) is 11.0. The van der Waals surface area contributed by atoms with Crippen molar-refractivity contribution >= 4 is 27.7 Å². The van der Waals surface area contributed by atoms with Crippen molar-refractivity contribution in [1.82, 2.24) is 5.06 Å². The zero-order chi connectivity index (χ0) is 13.9. The summed E-state index contributed by atoms with van der Waals surface area (Å²) in [7, 11) is 0. The summed E-state index contributed by atoms with van der Waals surface area (Å²) in [6.45, 7) is 0.347. The first kappa shape index (κ1) is 12.8. The summed E-state index contributed by atoms with van der Waals surface area (Å²) in [6.07, 6.45) is 8.27. The van der Waals surface area contributed by atoms with E-state index in [0.717, 1.165) is 30.7 Å². The minimum Gasteiger partial charge on any atom is -0.272 e. The van der Waals surface area contributed by atoms with E-state index in [4.69, 9.17) is 4.84 Å². The summed E-state index contributed by atoms with van der Waals surface area (Å²) in [5, 5.41) is 1.05. The van der Waals surface area contributed by atoms with Crippen LogP contribution >= 0.6 is 15.9 Å². The molecular formula is C15H16BrNO3. The molecule has 4 atom stereocenters. The lowest BCUT2D eigenvalue weighted by atomic mass is 9.85. The molecular weight excluding hydrogens is 322 g/mol. The number of nitrogens with zero attached hydrogens (tertiary/aromatic N) is 1. The number of carbonyl (C=O) groups excluding carboxylic acids is 2. The van der Waals surface area contributed by atoms with Gasteiger partial charge in [0.2, 0.25) is 0 Å². The van der Waals surface area contributed by atoms with Crippen molar-refractivity contribution in [2.75, 3.05) is 6.61 Å². The van der Waals surface area contributed by atoms with Gasteiger partial charge in [0.25, 0.3) is 11.8 Å². The van der Waals surface area contributed by atoms with Crippen LogP contribution in [0.4, 0.5) is 0 Å². The van der Waals surface area contributed by atoms with Gasteiger partial charge >= 0.3 is 0 Å². The quantitative estimate of drug-likeness (QED) is 0.587. The molecule has 5 heteroatoms. The van der Waals surface area contributed by atoms with E-state index in [1.165, 1.54) is 10.1 Å². The van der Waals surface area contributed by atoms with Crippen LogP contribution in [-0.2, 0) is 14.4 Å². The number of imide groups is 1. The van der Waals surface area contributed by atoms with Crippen LogP contribution < -0.4 is 0 Å². The Bertz CT molecular complexity index is 523. The molecule has 2 fully saturated rings. The lowest BCUT2D eigenvalue weighted by Gasteiger charge is -2.17. The SMILES string of the molecule is O=C1C2C(C(=O)N1OCC1=C(Br)CCC1)[C@H]1C=C[C@@H]2C1. The highest BCUT2D eigenvalue weighted by atomic mass is 79.9. The molecule has 4 aliphatic rings. The van der Waals surface area contributed by atoms with Gasteiger partial charge in [-0.1, -0.05) is 28.1 Å². The highest BCUT2D eigenvalue weighted by molar-refractivity contribution is 9.11. The minimum atomic E-state index is -0.168. The fourth-order valence-electron chi connectivity index (χ4n) is 4.06. The molecule has 106 valence electrons. The Kier molecular flexibility index (Phi) is 2.89. The number of carbonyl (C=O) groups is 2. The first-order valence-corrected chi connectivity index (χ1v) is 8.01. The van der Waals surface area contributed by atoms with Gasteiger partial charge in [-0.25, -0.2) is 0 Å². The number of hydrogen-bond acceptors (Lipinski definition) is 3. The topological polar surface area (TPSA) is 46.6 Å². The van der Waals surface area contributed by atoms with E-state index >= 15 is 0 Å². The molecule has 2 bridgehead atoms. The molecule has 2 amide bonds. The van der Waals surface area contributed by atoms with Crippen molar-refractivity contribution in [3.63, 3.8) is 0 Å². The van der Waals surface area contributed by atoms with Crippen molar-refractivity contribution in [3.05, 3.63) is 22.2 Å². The second-order valence-corrected chi connectivity index (χ2v) is 7.06. The number of halogens is 1. The molecule has 1 aliphatic heterocycles. The molecule has 1 saturated heterocycles. The fraction of sp³-hybridized carbons (Fsp3) is 0.600. The molecule has 0 radical (unpaired) electrons. The molecule has 0 aromatic carbocycles. The van der Waals surface area contributed by atoms with Crippen molar-refractivity contribution in [1.29, 1.82) is 0 Å². The van der Waals surface area contributed by atoms with E-state index < -0.39 is 0 Å². The van der Waals surface area contributed by atoms with Gasteiger partial charge in [-0.05, 0) is 47.6 Å². The summed E-state index contributed by atoms with van der Waals surface area (Å²) < 4.78 is 1.17. The Morgan fingerprint density at radius 1 is 1.15 bits per heavy atom. The highest BCUT2D eigenvalue weighted by Gasteiger charge is 2.60. The van der Waals surface area contributed by atoms with Crippen molar-refractivity contribution in [2.24, 2.45) is 23.7 Å². The molecule has 1 saturated carbocycles. The maximum atomic E-state index is 12.4. The molecule has 0 aromatic heterocycles. The second-order valence-electron chi connectivity index (χ2n) is 6.11. The van der Waals surface area contributed by atoms with Crippen LogP contribution in [0.1, 0.15) is 25.7 Å². The number of fused-ring (bicyclic) bond motifs is 5. The summed E-state index contributed by atoms with van der Waals surface area (Å²) in [4.78, 5) is 30.3. The van der Waals surface area contributed by atoms with Crippen LogP contribution in [-0.4, -0.2) is 23.5 Å². The minimum absolute atomic E-state index is 0.133. The third-order valence-corrected chi connectivity index (χ3v) is 6.01. The molecule has 4 nitrogen and oxygen atoms in total. The molecule has 4 rings (SSSR count). The molecule has 0 aromatic rings. The zero-order valence-corrected chi connectivity index (χ0v) is 12.6. The monoisotopic (exact) mass is 337 g/mol. The van der Waals surface area contributed by atoms with E-state index in [1.807, 2.05) is 0 Å². The Morgan fingerprint density at radius 3 is 2.35 bits per heavy atom. The van der Waals surface area contributed by atoms with Crippen LogP contribution in [0.25, 0.3) is 0 Å². The third kappa shape index (κ3) is 1.69. The van der Waals surface area contributed by atoms with Gasteiger partial charge in [0.05, 0.1) is 18.4 Å². The number of hydrogen-bond donors (Lipinski definition) is 0. The van der Waals surface area contributed by atoms with Crippen LogP contribution in [0.15, 0.2) is 22.2 Å². The predicted octanol–water partition coefficient (Wildman–Crippen LogP) is 2.56. The van der Waals surface area contributed by atoms with E-state index in [1.54, 1.807) is 0 Å². The van der Waals surface area contributed by atoms with E-state index in [-0.39, 0.29) is 35.5 Å². The normalized spacial score (nSPS) is 38.5. The predicted molar refractivity (Wildman–Crippen MR) is 75.3 cm³/mol. The van der Waals surface area contributed by atoms with Gasteiger partial charge < -0.3 is 0 Å². The third-order valence-electron chi connectivity index (χ3n) is 5.06. The Hall–Kier alpha value is -0.940. The number of hydroxylamine groups is 2. The second kappa shape index (κ2) is 4.53. The lowest BCUT2D eigenvalue weighted by Crippen LogP contribution is -2.33. The highest BCUT2D eigenvalue weighted by Crippen LogP contribution is 2.52. The van der Waals surface area contributed by atoms with E-state index in [2.05, 4.69) is 28.1 Å². The molecule has 0 spiro atoms. The largest absolute Gasteiger partial charge is 0.272 e. The first-order valence-electron chi connectivity index (χ1n) is 7.22. The van der Waals surface area contributed by atoms with Gasteiger partial charge in [-0.15, -0.1) is 0 Å². The first-order chi connectivity index (χ1) is 9.66. The standard InChI is InChI=1S/C15H16BrNO3/c16-11-3-1-2-10(11)7-20-17-14(18)12-8-4-5-9(6-8)13(12)15(17)19/h4-5,8-9,12-13H,1-3,6-7H2/t8-,9+,12?,13?. The van der Waals surface area contributed by atoms with Gasteiger partial charge in [0, 0.05) is 0 Å². The van der Waals surface area contributed by atoms with Gasteiger partial charge in [-0.3, -0.25) is 14.4 Å². The van der Waals surface area contributed by atoms with E-state index in [0.29, 0.717) is 6.61 Å². The lowest BCUT2D eigenvalue weighted by molar-refractivity contribution is -0.187. The van der Waals surface area contributed by atoms with Gasteiger partial charge in [0.15, 0.2) is 0 Å². The number of allylic oxidation sites excluding steroid dienone is 3. The smallest absolute Gasteiger partial charge is 0.258 e. The molecule has 0 N–H and O–H groups in total. The van der Waals surface area contributed by atoms with Gasteiger partial charge in [0.1, 0.15) is 0 Å². The maximum absolute atomic E-state index is 12.4. The van der Waals surface area contributed by atoms with Gasteiger partial charge in [-0.2, -0.15) is 5.06 Å². The molecule has 1 heterocycles. The molecule has 20 heavy (non-hydrogen) atoms. The van der Waals surface area contributed by atoms with Crippen LogP contribution in [0.2, 0.25) is 0 Å². The summed E-state index contributed by atoms with van der Waals surface area (Å²) in [5.74, 6) is -0.116. The fourth-order valence-corrected chi connectivity index (χ4v) is 4.66. The van der Waals surface area contributed by atoms with Crippen LogP contribution in [0.3, 0.4) is 0 Å². The van der Waals surface area contributed by atoms with Crippen molar-refractivity contribution in [2.45, 2.75) is 25.7 Å². The summed E-state index contributed by atoms with van der Waals surface area (Å²) in [6, 6.07) is 0. The molecule has 3 aliphatic carbocycles. The van der Waals surface area contributed by atoms with Crippen LogP contribution in [0, 0.1) is 23.7 Å². The Morgan fingerprint density at radius 2 is 1.80 bits per heavy atom. The molecule has 2 unspecified atom stereocenters. The van der Waals surface area contributed by atoms with Crippen LogP contribution in [0.5, 0.6) is 0 Å². The Balaban J connectivity index is 1.49. The number of rotatable bonds is 3. The average molecular weight is 338 g/mol. The average Bonchev–Trinajstić information content (AvgIpc) is 3.16. The van der Waals surface area contributed by atoms with Crippen molar-refractivity contribution in [3.8, 4) is 0 Å². The van der Waals surface area contributed by atoms with Crippen molar-refractivity contribution < 1.29 is 14.4 Å². The van der Waals surface area contributed by atoms with E-state index in [9.17, 15) is 9.59 Å².